The molecule has 0 radical (unpaired) electrons. The first-order valence-corrected chi connectivity index (χ1v) is 8.83. The Labute approximate surface area is 163 Å². The molecule has 0 aliphatic rings. The van der Waals surface area contributed by atoms with E-state index in [2.05, 4.69) is 20.6 Å². The Bertz CT molecular complexity index is 929. The van der Waals surface area contributed by atoms with Crippen LogP contribution in [0.1, 0.15) is 15.9 Å². The van der Waals surface area contributed by atoms with Gasteiger partial charge < -0.3 is 20.1 Å². The molecule has 28 heavy (non-hydrogen) atoms. The molecule has 0 saturated carbocycles. The number of para-hydroxylation sites is 2. The monoisotopic (exact) mass is 378 g/mol. The van der Waals surface area contributed by atoms with E-state index < -0.39 is 0 Å². The molecule has 0 fully saturated rings. The van der Waals surface area contributed by atoms with Gasteiger partial charge in [0.05, 0.1) is 25.5 Å². The fourth-order valence-electron chi connectivity index (χ4n) is 2.63. The quantitative estimate of drug-likeness (QED) is 0.625. The summed E-state index contributed by atoms with van der Waals surface area (Å²) < 4.78 is 10.5. The van der Waals surface area contributed by atoms with Gasteiger partial charge in [0.1, 0.15) is 11.5 Å². The number of ether oxygens (including phenoxy) is 2. The molecule has 144 valence electrons. The predicted molar refractivity (Wildman–Crippen MR) is 108 cm³/mol. The third-order valence-corrected chi connectivity index (χ3v) is 4.10. The highest BCUT2D eigenvalue weighted by Gasteiger charge is 2.10. The van der Waals surface area contributed by atoms with Crippen LogP contribution in [0.25, 0.3) is 0 Å². The summed E-state index contributed by atoms with van der Waals surface area (Å²) >= 11 is 0. The third kappa shape index (κ3) is 4.97. The molecule has 7 nitrogen and oxygen atoms in total. The first-order valence-electron chi connectivity index (χ1n) is 8.83. The van der Waals surface area contributed by atoms with Gasteiger partial charge in [-0.05, 0) is 36.2 Å². The van der Waals surface area contributed by atoms with Gasteiger partial charge in [-0.2, -0.15) is 0 Å². The van der Waals surface area contributed by atoms with E-state index in [9.17, 15) is 4.79 Å². The van der Waals surface area contributed by atoms with Crippen LogP contribution in [0.2, 0.25) is 0 Å². The van der Waals surface area contributed by atoms with Crippen LogP contribution < -0.4 is 20.1 Å². The zero-order valence-corrected chi connectivity index (χ0v) is 15.8. The normalized spacial score (nSPS) is 10.2. The van der Waals surface area contributed by atoms with Gasteiger partial charge in [0.15, 0.2) is 0 Å². The van der Waals surface area contributed by atoms with E-state index in [1.807, 2.05) is 36.4 Å². The molecule has 0 aliphatic heterocycles. The van der Waals surface area contributed by atoms with Crippen molar-refractivity contribution in [3.63, 3.8) is 0 Å². The van der Waals surface area contributed by atoms with E-state index in [0.717, 1.165) is 17.7 Å². The molecule has 0 aliphatic carbocycles. The molecular formula is C21H22N4O3. The van der Waals surface area contributed by atoms with Gasteiger partial charge in [0.25, 0.3) is 5.91 Å². The van der Waals surface area contributed by atoms with Gasteiger partial charge in [-0.1, -0.05) is 24.3 Å². The highest BCUT2D eigenvalue weighted by molar-refractivity contribution is 6.04. The number of benzene rings is 2. The topological polar surface area (TPSA) is 85.4 Å². The summed E-state index contributed by atoms with van der Waals surface area (Å²) in [5, 5.41) is 5.95. The van der Waals surface area contributed by atoms with E-state index in [0.29, 0.717) is 29.5 Å². The van der Waals surface area contributed by atoms with Crippen molar-refractivity contribution in [1.29, 1.82) is 0 Å². The minimum atomic E-state index is -0.299. The Kier molecular flexibility index (Phi) is 6.41. The first kappa shape index (κ1) is 19.2. The SMILES string of the molecule is COc1cccc(CCNc2ncc(C(=O)Nc3ccccc3OC)cn2)c1. The molecule has 3 aromatic rings. The zero-order chi connectivity index (χ0) is 19.8. The van der Waals surface area contributed by atoms with Gasteiger partial charge in [-0.3, -0.25) is 4.79 Å². The second kappa shape index (κ2) is 9.36. The molecular weight excluding hydrogens is 356 g/mol. The summed E-state index contributed by atoms with van der Waals surface area (Å²) in [6, 6.07) is 15.1. The van der Waals surface area contributed by atoms with Crippen molar-refractivity contribution in [2.24, 2.45) is 0 Å². The summed E-state index contributed by atoms with van der Waals surface area (Å²) in [5.74, 6) is 1.59. The molecule has 2 aromatic carbocycles. The Balaban J connectivity index is 1.54. The number of amides is 1. The summed E-state index contributed by atoms with van der Waals surface area (Å²) in [6.45, 7) is 0.667. The third-order valence-electron chi connectivity index (χ3n) is 4.10. The molecule has 1 aromatic heterocycles. The van der Waals surface area contributed by atoms with Crippen LogP contribution in [0.5, 0.6) is 11.5 Å². The number of rotatable bonds is 8. The van der Waals surface area contributed by atoms with Gasteiger partial charge in [-0.25, -0.2) is 9.97 Å². The Hall–Kier alpha value is -3.61. The molecule has 2 N–H and O–H groups in total. The predicted octanol–water partition coefficient (Wildman–Crippen LogP) is 3.40. The minimum Gasteiger partial charge on any atom is -0.497 e. The second-order valence-electron chi connectivity index (χ2n) is 5.98. The molecule has 0 unspecified atom stereocenters. The Morgan fingerprint density at radius 2 is 1.79 bits per heavy atom. The van der Waals surface area contributed by atoms with Crippen LogP contribution in [0.3, 0.4) is 0 Å². The van der Waals surface area contributed by atoms with E-state index in [1.54, 1.807) is 26.4 Å². The smallest absolute Gasteiger partial charge is 0.258 e. The number of nitrogens with one attached hydrogen (secondary N) is 2. The van der Waals surface area contributed by atoms with Crippen LogP contribution in [0.15, 0.2) is 60.9 Å². The van der Waals surface area contributed by atoms with Crippen molar-refractivity contribution in [3.05, 3.63) is 72.1 Å². The maximum atomic E-state index is 12.4. The van der Waals surface area contributed by atoms with E-state index in [4.69, 9.17) is 9.47 Å². The fourth-order valence-corrected chi connectivity index (χ4v) is 2.63. The van der Waals surface area contributed by atoms with Gasteiger partial charge >= 0.3 is 0 Å². The molecule has 0 bridgehead atoms. The first-order chi connectivity index (χ1) is 13.7. The molecule has 3 rings (SSSR count). The summed E-state index contributed by atoms with van der Waals surface area (Å²) in [4.78, 5) is 20.8. The zero-order valence-electron chi connectivity index (χ0n) is 15.8. The van der Waals surface area contributed by atoms with Crippen LogP contribution in [0, 0.1) is 0 Å². The standard InChI is InChI=1S/C21H22N4O3/c1-27-17-7-5-6-15(12-17)10-11-22-21-23-13-16(14-24-21)20(26)25-18-8-3-4-9-19(18)28-2/h3-9,12-14H,10-11H2,1-2H3,(H,25,26)(H,22,23,24). The van der Waals surface area contributed by atoms with Gasteiger partial charge in [0, 0.05) is 18.9 Å². The molecule has 7 heteroatoms. The highest BCUT2D eigenvalue weighted by atomic mass is 16.5. The number of carbonyl (C=O) groups excluding carboxylic acids is 1. The number of hydrogen-bond acceptors (Lipinski definition) is 6. The maximum absolute atomic E-state index is 12.4. The fraction of sp³-hybridized carbons (Fsp3) is 0.190. The van der Waals surface area contributed by atoms with Gasteiger partial charge in [-0.15, -0.1) is 0 Å². The van der Waals surface area contributed by atoms with Crippen molar-refractivity contribution in [2.75, 3.05) is 31.4 Å². The van der Waals surface area contributed by atoms with Crippen LogP contribution in [-0.2, 0) is 6.42 Å². The molecule has 0 spiro atoms. The maximum Gasteiger partial charge on any atom is 0.258 e. The van der Waals surface area contributed by atoms with Crippen LogP contribution >= 0.6 is 0 Å². The number of hydrogen-bond donors (Lipinski definition) is 2. The molecule has 1 heterocycles. The van der Waals surface area contributed by atoms with E-state index in [1.165, 1.54) is 12.4 Å². The van der Waals surface area contributed by atoms with Crippen molar-refractivity contribution >= 4 is 17.5 Å². The van der Waals surface area contributed by atoms with E-state index in [-0.39, 0.29) is 5.91 Å². The second-order valence-corrected chi connectivity index (χ2v) is 5.98. The lowest BCUT2D eigenvalue weighted by molar-refractivity contribution is 0.102. The number of anilines is 2. The summed E-state index contributed by atoms with van der Waals surface area (Å²) in [7, 11) is 3.21. The highest BCUT2D eigenvalue weighted by Crippen LogP contribution is 2.23. The average Bonchev–Trinajstić information content (AvgIpc) is 2.74. The summed E-state index contributed by atoms with van der Waals surface area (Å²) in [5.41, 5.74) is 2.11. The lowest BCUT2D eigenvalue weighted by Crippen LogP contribution is -2.14. The van der Waals surface area contributed by atoms with Crippen molar-refractivity contribution < 1.29 is 14.3 Å². The number of carbonyl (C=O) groups is 1. The van der Waals surface area contributed by atoms with Gasteiger partial charge in [0.2, 0.25) is 5.95 Å². The van der Waals surface area contributed by atoms with Crippen molar-refractivity contribution in [1.82, 2.24) is 9.97 Å². The molecule has 0 atom stereocenters. The van der Waals surface area contributed by atoms with Crippen molar-refractivity contribution in [3.8, 4) is 11.5 Å². The summed E-state index contributed by atoms with van der Waals surface area (Å²) in [6.07, 6.45) is 3.79. The van der Waals surface area contributed by atoms with Crippen LogP contribution in [-0.4, -0.2) is 36.6 Å². The van der Waals surface area contributed by atoms with Crippen molar-refractivity contribution in [2.45, 2.75) is 6.42 Å². The van der Waals surface area contributed by atoms with E-state index >= 15 is 0 Å². The average molecular weight is 378 g/mol. The molecule has 0 saturated heterocycles. The Morgan fingerprint density at radius 3 is 2.54 bits per heavy atom. The minimum absolute atomic E-state index is 0.299. The number of nitrogens with zero attached hydrogens (tertiary/aromatic N) is 2. The lowest BCUT2D eigenvalue weighted by atomic mass is 10.1. The number of aromatic nitrogens is 2. The largest absolute Gasteiger partial charge is 0.497 e. The Morgan fingerprint density at radius 1 is 1.00 bits per heavy atom. The molecule has 1 amide bonds. The van der Waals surface area contributed by atoms with Crippen LogP contribution in [0.4, 0.5) is 11.6 Å². The lowest BCUT2D eigenvalue weighted by Gasteiger charge is -2.10. The number of methoxy groups -OCH3 is 2.